The van der Waals surface area contributed by atoms with Gasteiger partial charge in [-0.05, 0) is 42.2 Å². The highest BCUT2D eigenvalue weighted by Gasteiger charge is 2.22. The lowest BCUT2D eigenvalue weighted by molar-refractivity contribution is 0.0755. The van der Waals surface area contributed by atoms with Crippen molar-refractivity contribution in [2.45, 2.75) is 26.4 Å². The Balaban J connectivity index is 1.35. The van der Waals surface area contributed by atoms with Crippen molar-refractivity contribution >= 4 is 5.91 Å². The molecule has 1 aliphatic heterocycles. The van der Waals surface area contributed by atoms with Crippen LogP contribution in [0.2, 0.25) is 0 Å². The van der Waals surface area contributed by atoms with Gasteiger partial charge in [0.1, 0.15) is 5.82 Å². The molecule has 0 aliphatic carbocycles. The van der Waals surface area contributed by atoms with Crippen molar-refractivity contribution in [2.75, 3.05) is 26.2 Å². The molecule has 6 nitrogen and oxygen atoms in total. The van der Waals surface area contributed by atoms with Gasteiger partial charge in [-0.25, -0.2) is 9.07 Å². The summed E-state index contributed by atoms with van der Waals surface area (Å²) >= 11 is 0. The van der Waals surface area contributed by atoms with Gasteiger partial charge in [0.2, 0.25) is 0 Å². The zero-order valence-corrected chi connectivity index (χ0v) is 17.2. The van der Waals surface area contributed by atoms with Gasteiger partial charge in [0.15, 0.2) is 5.69 Å². The van der Waals surface area contributed by atoms with E-state index in [9.17, 15) is 9.18 Å². The second kappa shape index (κ2) is 9.17. The smallest absolute Gasteiger partial charge is 0.276 e. The average Bonchev–Trinajstić information content (AvgIpc) is 3.09. The van der Waals surface area contributed by atoms with Crippen LogP contribution in [0.15, 0.2) is 54.7 Å². The average molecular weight is 407 g/mol. The second-order valence-electron chi connectivity index (χ2n) is 7.78. The molecular weight excluding hydrogens is 381 g/mol. The van der Waals surface area contributed by atoms with Gasteiger partial charge in [-0.2, -0.15) is 0 Å². The number of halogens is 1. The van der Waals surface area contributed by atoms with Crippen molar-refractivity contribution < 1.29 is 9.18 Å². The number of amides is 1. The van der Waals surface area contributed by atoms with Crippen LogP contribution in [0.4, 0.5) is 4.39 Å². The summed E-state index contributed by atoms with van der Waals surface area (Å²) < 4.78 is 14.8. The Kier molecular flexibility index (Phi) is 6.18. The van der Waals surface area contributed by atoms with E-state index in [4.69, 9.17) is 0 Å². The van der Waals surface area contributed by atoms with Gasteiger partial charge in [0.05, 0.1) is 12.7 Å². The number of benzene rings is 2. The van der Waals surface area contributed by atoms with Crippen LogP contribution in [0.25, 0.3) is 0 Å². The molecule has 0 saturated carbocycles. The fourth-order valence-electron chi connectivity index (χ4n) is 3.78. The van der Waals surface area contributed by atoms with E-state index >= 15 is 0 Å². The standard InChI is InChI=1S/C23H26FN5O/c1-18-5-2-3-6-20(18)16-29-17-22(25-26-29)23(30)28-12-4-11-27(13-14-28)15-19-7-9-21(24)10-8-19/h2-3,5-10,17H,4,11-16H2,1H3. The number of nitrogens with zero attached hydrogens (tertiary/aromatic N) is 5. The first-order valence-corrected chi connectivity index (χ1v) is 10.3. The molecule has 0 N–H and O–H groups in total. The highest BCUT2D eigenvalue weighted by Crippen LogP contribution is 2.13. The minimum Gasteiger partial charge on any atom is -0.336 e. The molecule has 1 aliphatic rings. The van der Waals surface area contributed by atoms with E-state index < -0.39 is 0 Å². The highest BCUT2D eigenvalue weighted by atomic mass is 19.1. The van der Waals surface area contributed by atoms with Crippen LogP contribution in [-0.4, -0.2) is 56.9 Å². The van der Waals surface area contributed by atoms with Gasteiger partial charge in [-0.15, -0.1) is 5.10 Å². The van der Waals surface area contributed by atoms with Crippen LogP contribution in [0, 0.1) is 12.7 Å². The molecule has 1 amide bonds. The molecule has 0 radical (unpaired) electrons. The van der Waals surface area contributed by atoms with Gasteiger partial charge in [0, 0.05) is 32.7 Å². The molecule has 3 aromatic rings. The summed E-state index contributed by atoms with van der Waals surface area (Å²) in [5.74, 6) is -0.295. The molecule has 7 heteroatoms. The summed E-state index contributed by atoms with van der Waals surface area (Å²) in [6, 6.07) is 14.7. The molecular formula is C23H26FN5O. The lowest BCUT2D eigenvalue weighted by atomic mass is 10.1. The number of rotatable bonds is 5. The summed E-state index contributed by atoms with van der Waals surface area (Å²) in [4.78, 5) is 17.1. The van der Waals surface area contributed by atoms with Gasteiger partial charge in [-0.1, -0.05) is 41.6 Å². The summed E-state index contributed by atoms with van der Waals surface area (Å²) in [6.07, 6.45) is 2.63. The first kappa shape index (κ1) is 20.2. The van der Waals surface area contributed by atoms with E-state index in [1.807, 2.05) is 29.2 Å². The van der Waals surface area contributed by atoms with Crippen molar-refractivity contribution in [1.82, 2.24) is 24.8 Å². The SMILES string of the molecule is Cc1ccccc1Cn1cc(C(=O)N2CCCN(Cc3ccc(F)cc3)CC2)nn1. The predicted octanol–water partition coefficient (Wildman–Crippen LogP) is 3.12. The topological polar surface area (TPSA) is 54.3 Å². The van der Waals surface area contributed by atoms with Crippen molar-refractivity contribution in [3.05, 3.63) is 82.9 Å². The number of carbonyl (C=O) groups excluding carboxylic acids is 1. The molecule has 1 aromatic heterocycles. The van der Waals surface area contributed by atoms with Crippen LogP contribution in [-0.2, 0) is 13.1 Å². The van der Waals surface area contributed by atoms with E-state index in [0.29, 0.717) is 25.3 Å². The van der Waals surface area contributed by atoms with Crippen molar-refractivity contribution in [3.63, 3.8) is 0 Å². The fraction of sp³-hybridized carbons (Fsp3) is 0.348. The second-order valence-corrected chi connectivity index (χ2v) is 7.78. The minimum atomic E-state index is -0.221. The molecule has 4 rings (SSSR count). The molecule has 0 atom stereocenters. The van der Waals surface area contributed by atoms with E-state index in [2.05, 4.69) is 34.3 Å². The Bertz CT molecular complexity index is 1000. The molecule has 1 saturated heterocycles. The fourth-order valence-corrected chi connectivity index (χ4v) is 3.78. The van der Waals surface area contributed by atoms with Crippen molar-refractivity contribution in [3.8, 4) is 0 Å². The molecule has 0 bridgehead atoms. The summed E-state index contributed by atoms with van der Waals surface area (Å²) in [7, 11) is 0. The third-order valence-corrected chi connectivity index (χ3v) is 5.55. The quantitative estimate of drug-likeness (QED) is 0.652. The lowest BCUT2D eigenvalue weighted by Gasteiger charge is -2.21. The number of aryl methyl sites for hydroxylation is 1. The third kappa shape index (κ3) is 4.91. The lowest BCUT2D eigenvalue weighted by Crippen LogP contribution is -2.35. The van der Waals surface area contributed by atoms with Crippen LogP contribution in [0.1, 0.15) is 33.6 Å². The Morgan fingerprint density at radius 3 is 2.60 bits per heavy atom. The summed E-state index contributed by atoms with van der Waals surface area (Å²) in [5.41, 5.74) is 3.81. The highest BCUT2D eigenvalue weighted by molar-refractivity contribution is 5.91. The maximum absolute atomic E-state index is 13.1. The predicted molar refractivity (Wildman–Crippen MR) is 113 cm³/mol. The van der Waals surface area contributed by atoms with Crippen LogP contribution < -0.4 is 0 Å². The first-order chi connectivity index (χ1) is 14.6. The van der Waals surface area contributed by atoms with E-state index in [1.165, 1.54) is 17.7 Å². The maximum Gasteiger partial charge on any atom is 0.276 e. The Morgan fingerprint density at radius 1 is 1.00 bits per heavy atom. The maximum atomic E-state index is 13.1. The normalized spacial score (nSPS) is 15.2. The van der Waals surface area contributed by atoms with Crippen LogP contribution in [0.5, 0.6) is 0 Å². The van der Waals surface area contributed by atoms with Gasteiger partial charge in [-0.3, -0.25) is 9.69 Å². The van der Waals surface area contributed by atoms with E-state index in [1.54, 1.807) is 10.9 Å². The number of hydrogen-bond donors (Lipinski definition) is 0. The molecule has 0 spiro atoms. The third-order valence-electron chi connectivity index (χ3n) is 5.55. The van der Waals surface area contributed by atoms with Gasteiger partial charge >= 0.3 is 0 Å². The Hall–Kier alpha value is -3.06. The zero-order chi connectivity index (χ0) is 20.9. The largest absolute Gasteiger partial charge is 0.336 e. The van der Waals surface area contributed by atoms with Crippen LogP contribution >= 0.6 is 0 Å². The number of carbonyl (C=O) groups is 1. The number of hydrogen-bond acceptors (Lipinski definition) is 4. The van der Waals surface area contributed by atoms with E-state index in [-0.39, 0.29) is 11.7 Å². The molecule has 0 unspecified atom stereocenters. The monoisotopic (exact) mass is 407 g/mol. The minimum absolute atomic E-state index is 0.0744. The molecule has 2 heterocycles. The molecule has 2 aromatic carbocycles. The van der Waals surface area contributed by atoms with Gasteiger partial charge < -0.3 is 4.90 Å². The molecule has 1 fully saturated rings. The van der Waals surface area contributed by atoms with Crippen LogP contribution in [0.3, 0.4) is 0 Å². The Morgan fingerprint density at radius 2 is 1.80 bits per heavy atom. The molecule has 30 heavy (non-hydrogen) atoms. The molecule has 156 valence electrons. The zero-order valence-electron chi connectivity index (χ0n) is 17.2. The van der Waals surface area contributed by atoms with Crippen molar-refractivity contribution in [1.29, 1.82) is 0 Å². The van der Waals surface area contributed by atoms with Crippen molar-refractivity contribution in [2.24, 2.45) is 0 Å². The van der Waals surface area contributed by atoms with E-state index in [0.717, 1.165) is 37.2 Å². The summed E-state index contributed by atoms with van der Waals surface area (Å²) in [6.45, 7) is 6.44. The Labute approximate surface area is 175 Å². The summed E-state index contributed by atoms with van der Waals surface area (Å²) in [5, 5.41) is 8.26. The first-order valence-electron chi connectivity index (χ1n) is 10.3. The number of aromatic nitrogens is 3. The van der Waals surface area contributed by atoms with Gasteiger partial charge in [0.25, 0.3) is 5.91 Å².